The number of aliphatic hydroxyl groups is 4. The molecule has 2 aliphatic rings. The number of rotatable bonds is 11. The van der Waals surface area contributed by atoms with E-state index in [-0.39, 0.29) is 42.6 Å². The Labute approximate surface area is 179 Å². The number of ether oxygens (including phenoxy) is 1. The first-order chi connectivity index (χ1) is 14.1. The van der Waals surface area contributed by atoms with Crippen molar-refractivity contribution in [2.24, 2.45) is 23.7 Å². The summed E-state index contributed by atoms with van der Waals surface area (Å²) in [7, 11) is 0. The van der Waals surface area contributed by atoms with E-state index in [1.54, 1.807) is 0 Å². The molecule has 0 fully saturated rings. The van der Waals surface area contributed by atoms with Crippen LogP contribution in [-0.2, 0) is 9.53 Å². The maximum Gasteiger partial charge on any atom is 0.305 e. The molecule has 7 heteroatoms. The number of aliphatic hydroxyl groups excluding tert-OH is 4. The molecule has 7 nitrogen and oxygen atoms in total. The van der Waals surface area contributed by atoms with Gasteiger partial charge in [0.25, 0.3) is 0 Å². The van der Waals surface area contributed by atoms with Crippen LogP contribution in [0.25, 0.3) is 0 Å². The lowest BCUT2D eigenvalue weighted by atomic mass is 9.66. The summed E-state index contributed by atoms with van der Waals surface area (Å²) >= 11 is 0. The third-order valence-electron chi connectivity index (χ3n) is 6.61. The molecular formula is C23H38O7. The molecule has 0 saturated heterocycles. The normalized spacial score (nSPS) is 32.6. The van der Waals surface area contributed by atoms with Gasteiger partial charge in [0.15, 0.2) is 6.29 Å². The van der Waals surface area contributed by atoms with Gasteiger partial charge in [0.05, 0.1) is 30.8 Å². The Balaban J connectivity index is 2.08. The van der Waals surface area contributed by atoms with E-state index in [4.69, 9.17) is 9.84 Å². The third kappa shape index (κ3) is 6.89. The molecule has 0 aliphatic heterocycles. The molecule has 0 radical (unpaired) electrons. The summed E-state index contributed by atoms with van der Waals surface area (Å²) in [5, 5.41) is 49.6. The number of carboxylic acids is 1. The highest BCUT2D eigenvalue weighted by atomic mass is 16.6. The minimum atomic E-state index is -1.09. The Morgan fingerprint density at radius 1 is 1.27 bits per heavy atom. The van der Waals surface area contributed by atoms with Gasteiger partial charge < -0.3 is 30.3 Å². The predicted octanol–water partition coefficient (Wildman–Crippen LogP) is 2.23. The topological polar surface area (TPSA) is 127 Å². The van der Waals surface area contributed by atoms with E-state index in [1.165, 1.54) is 0 Å². The molecule has 2 aliphatic carbocycles. The zero-order valence-corrected chi connectivity index (χ0v) is 18.2. The molecule has 2 rings (SSSR count). The van der Waals surface area contributed by atoms with Crippen LogP contribution in [0.2, 0.25) is 0 Å². The van der Waals surface area contributed by atoms with Crippen molar-refractivity contribution in [2.75, 3.05) is 0 Å². The van der Waals surface area contributed by atoms with E-state index in [2.05, 4.69) is 13.0 Å². The molecule has 0 aromatic rings. The van der Waals surface area contributed by atoms with Crippen LogP contribution in [0.1, 0.15) is 59.3 Å². The summed E-state index contributed by atoms with van der Waals surface area (Å²) in [4.78, 5) is 10.7. The number of aliphatic carboxylic acids is 1. The quantitative estimate of drug-likeness (QED) is 0.321. The second kappa shape index (κ2) is 11.4. The highest BCUT2D eigenvalue weighted by Crippen LogP contribution is 2.44. The lowest BCUT2D eigenvalue weighted by molar-refractivity contribution is -0.186. The molecule has 0 bridgehead atoms. The minimum absolute atomic E-state index is 0.00301. The first-order valence-electron chi connectivity index (χ1n) is 11.1. The Hall–Kier alpha value is -1.25. The molecule has 0 saturated carbocycles. The smallest absolute Gasteiger partial charge is 0.305 e. The van der Waals surface area contributed by atoms with Crippen LogP contribution >= 0.6 is 0 Å². The van der Waals surface area contributed by atoms with E-state index >= 15 is 0 Å². The maximum atomic E-state index is 10.7. The molecule has 172 valence electrons. The average Bonchev–Trinajstić information content (AvgIpc) is 2.65. The number of hydrogen-bond donors (Lipinski definition) is 5. The van der Waals surface area contributed by atoms with Gasteiger partial charge in [-0.15, -0.1) is 0 Å². The van der Waals surface area contributed by atoms with Gasteiger partial charge in [-0.2, -0.15) is 0 Å². The van der Waals surface area contributed by atoms with Gasteiger partial charge in [-0.25, -0.2) is 0 Å². The predicted molar refractivity (Wildman–Crippen MR) is 112 cm³/mol. The minimum Gasteiger partial charge on any atom is -0.481 e. The largest absolute Gasteiger partial charge is 0.481 e. The zero-order chi connectivity index (χ0) is 22.4. The lowest BCUT2D eigenvalue weighted by Gasteiger charge is -2.44. The Morgan fingerprint density at radius 2 is 1.97 bits per heavy atom. The number of hydrogen-bond acceptors (Lipinski definition) is 6. The number of carboxylic acid groups (broad SMARTS) is 1. The van der Waals surface area contributed by atoms with E-state index in [9.17, 15) is 25.2 Å². The molecule has 1 unspecified atom stereocenters. The molecule has 0 aromatic carbocycles. The fourth-order valence-electron chi connectivity index (χ4n) is 4.62. The lowest BCUT2D eigenvalue weighted by Crippen LogP contribution is -2.44. The van der Waals surface area contributed by atoms with Crippen molar-refractivity contribution in [3.63, 3.8) is 0 Å². The SMILES string of the molecule is CC[C@H](C)C(O)O[C@H]1C[C@H](O)C=C2C=C[C@H](C)[C@H](CC[C@@H](O)C[C@@H](O)CC(=O)O)[C@H]21. The zero-order valence-electron chi connectivity index (χ0n) is 18.2. The van der Waals surface area contributed by atoms with Crippen molar-refractivity contribution in [3.8, 4) is 0 Å². The summed E-state index contributed by atoms with van der Waals surface area (Å²) in [5.41, 5.74) is 0.999. The fourth-order valence-corrected chi connectivity index (χ4v) is 4.62. The molecule has 9 atom stereocenters. The first-order valence-corrected chi connectivity index (χ1v) is 11.1. The average molecular weight is 427 g/mol. The maximum absolute atomic E-state index is 10.7. The van der Waals surface area contributed by atoms with Crippen LogP contribution in [0.5, 0.6) is 0 Å². The van der Waals surface area contributed by atoms with Crippen LogP contribution in [0, 0.1) is 23.7 Å². The van der Waals surface area contributed by atoms with Gasteiger partial charge in [0, 0.05) is 18.3 Å². The van der Waals surface area contributed by atoms with Gasteiger partial charge in [-0.1, -0.05) is 39.0 Å². The second-order valence-electron chi connectivity index (χ2n) is 9.05. The highest BCUT2D eigenvalue weighted by molar-refractivity contribution is 5.67. The molecule has 0 heterocycles. The second-order valence-corrected chi connectivity index (χ2v) is 9.05. The van der Waals surface area contributed by atoms with Crippen molar-refractivity contribution < 1.29 is 35.1 Å². The summed E-state index contributed by atoms with van der Waals surface area (Å²) in [6, 6.07) is 0. The van der Waals surface area contributed by atoms with Crippen LogP contribution in [0.3, 0.4) is 0 Å². The van der Waals surface area contributed by atoms with E-state index in [0.29, 0.717) is 19.3 Å². The summed E-state index contributed by atoms with van der Waals surface area (Å²) in [5.74, 6) is -0.719. The van der Waals surface area contributed by atoms with Gasteiger partial charge in [0.1, 0.15) is 0 Å². The number of allylic oxidation sites excluding steroid dienone is 2. The number of fused-ring (bicyclic) bond motifs is 1. The highest BCUT2D eigenvalue weighted by Gasteiger charge is 2.41. The van der Waals surface area contributed by atoms with Crippen LogP contribution in [0.15, 0.2) is 23.8 Å². The van der Waals surface area contributed by atoms with Crippen molar-refractivity contribution in [3.05, 3.63) is 23.8 Å². The standard InChI is InChI=1S/C23H38O7/c1-4-13(2)23(29)30-20-11-17(25)9-15-6-5-14(3)19(22(15)20)8-7-16(24)10-18(26)12-21(27)28/h5-6,9,13-14,16-20,22-26,29H,4,7-8,10-12H2,1-3H3,(H,27,28)/t13-,14-,16+,17+,18+,19-,20-,22-,23?/m0/s1. The molecule has 0 amide bonds. The summed E-state index contributed by atoms with van der Waals surface area (Å²) < 4.78 is 6.03. The first kappa shape index (κ1) is 25.0. The Kier molecular flexibility index (Phi) is 9.50. The van der Waals surface area contributed by atoms with E-state index in [0.717, 1.165) is 12.0 Å². The molecule has 30 heavy (non-hydrogen) atoms. The van der Waals surface area contributed by atoms with Crippen LogP contribution < -0.4 is 0 Å². The van der Waals surface area contributed by atoms with Crippen LogP contribution in [0.4, 0.5) is 0 Å². The number of carbonyl (C=O) groups is 1. The molecule has 0 aromatic heterocycles. The van der Waals surface area contributed by atoms with Crippen molar-refractivity contribution >= 4 is 5.97 Å². The Morgan fingerprint density at radius 3 is 2.60 bits per heavy atom. The molecule has 0 spiro atoms. The van der Waals surface area contributed by atoms with E-state index in [1.807, 2.05) is 26.0 Å². The van der Waals surface area contributed by atoms with E-state index < -0.39 is 30.6 Å². The summed E-state index contributed by atoms with van der Waals surface area (Å²) in [6.45, 7) is 6.03. The van der Waals surface area contributed by atoms with Crippen molar-refractivity contribution in [2.45, 2.75) is 90.0 Å². The summed E-state index contributed by atoms with van der Waals surface area (Å²) in [6.07, 6.45) is 4.23. The molecular weight excluding hydrogens is 388 g/mol. The monoisotopic (exact) mass is 426 g/mol. The van der Waals surface area contributed by atoms with Crippen molar-refractivity contribution in [1.29, 1.82) is 0 Å². The molecule has 5 N–H and O–H groups in total. The Bertz CT molecular complexity index is 617. The van der Waals surface area contributed by atoms with Gasteiger partial charge in [0.2, 0.25) is 0 Å². The van der Waals surface area contributed by atoms with Gasteiger partial charge >= 0.3 is 5.97 Å². The third-order valence-corrected chi connectivity index (χ3v) is 6.61. The van der Waals surface area contributed by atoms with Gasteiger partial charge in [-0.05, 0) is 43.1 Å². The van der Waals surface area contributed by atoms with Crippen molar-refractivity contribution in [1.82, 2.24) is 0 Å². The van der Waals surface area contributed by atoms with Gasteiger partial charge in [-0.3, -0.25) is 4.79 Å². The van der Waals surface area contributed by atoms with Crippen LogP contribution in [-0.4, -0.2) is 62.2 Å². The fraction of sp³-hybridized carbons (Fsp3) is 0.783.